The first-order valence-electron chi connectivity index (χ1n) is 4.80. The summed E-state index contributed by atoms with van der Waals surface area (Å²) >= 11 is 0. The van der Waals surface area contributed by atoms with Crippen molar-refractivity contribution in [3.63, 3.8) is 0 Å². The van der Waals surface area contributed by atoms with Crippen LogP contribution in [0.3, 0.4) is 0 Å². The van der Waals surface area contributed by atoms with Gasteiger partial charge in [0.2, 0.25) is 0 Å². The molecule has 2 aliphatic rings. The van der Waals surface area contributed by atoms with E-state index < -0.39 is 7.12 Å². The van der Waals surface area contributed by atoms with Crippen molar-refractivity contribution in [1.29, 1.82) is 0 Å². The highest BCUT2D eigenvalue weighted by molar-refractivity contribution is 6.40. The number of hydrogen-bond acceptors (Lipinski definition) is 3. The lowest BCUT2D eigenvalue weighted by atomic mass is 9.82. The molecule has 3 nitrogen and oxygen atoms in total. The van der Waals surface area contributed by atoms with Gasteiger partial charge in [0.1, 0.15) is 0 Å². The highest BCUT2D eigenvalue weighted by atomic mass is 16.4. The first-order chi connectivity index (χ1) is 5.73. The summed E-state index contributed by atoms with van der Waals surface area (Å²) in [6.45, 7) is 2.30. The minimum absolute atomic E-state index is 0.548. The quantitative estimate of drug-likeness (QED) is 0.515. The first-order valence-corrected chi connectivity index (χ1v) is 4.80. The lowest BCUT2D eigenvalue weighted by Crippen LogP contribution is -2.13. The van der Waals surface area contributed by atoms with Gasteiger partial charge in [0.05, 0.1) is 0 Å². The van der Waals surface area contributed by atoms with Crippen molar-refractivity contribution < 1.29 is 10.0 Å². The molecule has 0 aromatic carbocycles. The second kappa shape index (κ2) is 3.02. The van der Waals surface area contributed by atoms with Gasteiger partial charge in [-0.05, 0) is 37.0 Å². The van der Waals surface area contributed by atoms with Crippen molar-refractivity contribution in [1.82, 2.24) is 5.32 Å². The zero-order valence-electron chi connectivity index (χ0n) is 7.29. The molecule has 2 fully saturated rings. The fourth-order valence-electron chi connectivity index (χ4n) is 2.48. The van der Waals surface area contributed by atoms with Crippen LogP contribution in [0.25, 0.3) is 0 Å². The van der Waals surface area contributed by atoms with Gasteiger partial charge >= 0.3 is 7.12 Å². The fourth-order valence-corrected chi connectivity index (χ4v) is 2.48. The summed E-state index contributed by atoms with van der Waals surface area (Å²) < 4.78 is 0. The molecule has 1 aliphatic carbocycles. The first kappa shape index (κ1) is 8.54. The molecule has 2 atom stereocenters. The Hall–Kier alpha value is -0.0551. The Morgan fingerprint density at radius 2 is 2.33 bits per heavy atom. The number of hydrogen-bond donors (Lipinski definition) is 3. The molecule has 1 heterocycles. The van der Waals surface area contributed by atoms with E-state index in [1.165, 1.54) is 12.8 Å². The Balaban J connectivity index is 1.72. The molecule has 2 rings (SSSR count). The third-order valence-corrected chi connectivity index (χ3v) is 3.41. The summed E-state index contributed by atoms with van der Waals surface area (Å²) in [5, 5.41) is 20.8. The average Bonchev–Trinajstić information content (AvgIpc) is 2.42. The maximum Gasteiger partial charge on any atom is 0.451 e. The van der Waals surface area contributed by atoms with Gasteiger partial charge in [0.15, 0.2) is 0 Å². The zero-order chi connectivity index (χ0) is 8.60. The normalized spacial score (nSPS) is 39.0. The van der Waals surface area contributed by atoms with Gasteiger partial charge in [-0.3, -0.25) is 0 Å². The lowest BCUT2D eigenvalue weighted by Gasteiger charge is -2.06. The fraction of sp³-hybridized carbons (Fsp3) is 1.00. The number of nitrogens with one attached hydrogen (secondary N) is 1. The molecular formula is C8H16BNO2. The van der Waals surface area contributed by atoms with Crippen molar-refractivity contribution in [3.05, 3.63) is 0 Å². The van der Waals surface area contributed by atoms with E-state index in [1.807, 2.05) is 0 Å². The highest BCUT2D eigenvalue weighted by Crippen LogP contribution is 2.58. The van der Waals surface area contributed by atoms with E-state index >= 15 is 0 Å². The summed E-state index contributed by atoms with van der Waals surface area (Å²) in [6.07, 6.45) is 4.12. The van der Waals surface area contributed by atoms with Crippen molar-refractivity contribution in [2.45, 2.75) is 25.6 Å². The molecule has 68 valence electrons. The van der Waals surface area contributed by atoms with Gasteiger partial charge < -0.3 is 15.4 Å². The van der Waals surface area contributed by atoms with Crippen LogP contribution in [0.15, 0.2) is 0 Å². The number of rotatable bonds is 3. The minimum atomic E-state index is -1.10. The van der Waals surface area contributed by atoms with Gasteiger partial charge in [-0.2, -0.15) is 0 Å². The van der Waals surface area contributed by atoms with Crippen LogP contribution < -0.4 is 5.32 Å². The van der Waals surface area contributed by atoms with Gasteiger partial charge in [-0.25, -0.2) is 0 Å². The summed E-state index contributed by atoms with van der Waals surface area (Å²) in [5.41, 5.74) is 0.564. The summed E-state index contributed by atoms with van der Waals surface area (Å²) in [6, 6.07) is 0. The minimum Gasteiger partial charge on any atom is -0.427 e. The predicted octanol–water partition coefficient (Wildman–Crippen LogP) is -0.151. The maximum atomic E-state index is 8.70. The second-order valence-electron chi connectivity index (χ2n) is 4.25. The van der Waals surface area contributed by atoms with E-state index in [0.29, 0.717) is 11.7 Å². The molecule has 1 saturated heterocycles. The van der Waals surface area contributed by atoms with Gasteiger partial charge in [-0.1, -0.05) is 6.42 Å². The van der Waals surface area contributed by atoms with Crippen molar-refractivity contribution >= 4 is 7.12 Å². The molecule has 0 aromatic heterocycles. The third-order valence-electron chi connectivity index (χ3n) is 3.41. The van der Waals surface area contributed by atoms with Crippen LogP contribution in [0, 0.1) is 11.3 Å². The molecule has 0 bridgehead atoms. The average molecular weight is 169 g/mol. The standard InChI is InChI=1S/C8H16BNO2/c11-9(12)3-1-7-5-8(7)2-4-10-6-8/h7,10-12H,1-6H2. The molecule has 3 N–H and O–H groups in total. The summed E-state index contributed by atoms with van der Waals surface area (Å²) in [5.74, 6) is 0.759. The Bertz CT molecular complexity index is 168. The topological polar surface area (TPSA) is 52.5 Å². The van der Waals surface area contributed by atoms with Crippen molar-refractivity contribution in [2.24, 2.45) is 11.3 Å². The van der Waals surface area contributed by atoms with Crippen LogP contribution >= 0.6 is 0 Å². The van der Waals surface area contributed by atoms with E-state index in [-0.39, 0.29) is 0 Å². The zero-order valence-corrected chi connectivity index (χ0v) is 7.29. The Kier molecular flexibility index (Phi) is 2.15. The van der Waals surface area contributed by atoms with Crippen LogP contribution in [0.2, 0.25) is 6.32 Å². The molecule has 0 amide bonds. The van der Waals surface area contributed by atoms with Crippen LogP contribution in [0.5, 0.6) is 0 Å². The molecule has 4 heteroatoms. The smallest absolute Gasteiger partial charge is 0.427 e. The molecule has 1 saturated carbocycles. The monoisotopic (exact) mass is 169 g/mol. The predicted molar refractivity (Wildman–Crippen MR) is 47.6 cm³/mol. The Morgan fingerprint density at radius 3 is 2.92 bits per heavy atom. The van der Waals surface area contributed by atoms with E-state index in [2.05, 4.69) is 5.32 Å². The second-order valence-corrected chi connectivity index (χ2v) is 4.25. The molecular weight excluding hydrogens is 153 g/mol. The molecule has 1 aliphatic heterocycles. The van der Waals surface area contributed by atoms with Gasteiger partial charge in [-0.15, -0.1) is 0 Å². The van der Waals surface area contributed by atoms with E-state index in [4.69, 9.17) is 10.0 Å². The molecule has 0 aromatic rings. The van der Waals surface area contributed by atoms with Crippen LogP contribution in [0.1, 0.15) is 19.3 Å². The molecule has 2 unspecified atom stereocenters. The molecule has 0 radical (unpaired) electrons. The maximum absolute atomic E-state index is 8.70. The third kappa shape index (κ3) is 1.51. The lowest BCUT2D eigenvalue weighted by molar-refractivity contribution is 0.395. The summed E-state index contributed by atoms with van der Waals surface area (Å²) in [7, 11) is -1.10. The van der Waals surface area contributed by atoms with Crippen molar-refractivity contribution in [3.8, 4) is 0 Å². The van der Waals surface area contributed by atoms with Crippen LogP contribution in [-0.4, -0.2) is 30.3 Å². The van der Waals surface area contributed by atoms with Crippen molar-refractivity contribution in [2.75, 3.05) is 13.1 Å². The van der Waals surface area contributed by atoms with E-state index in [0.717, 1.165) is 25.4 Å². The van der Waals surface area contributed by atoms with Crippen LogP contribution in [0.4, 0.5) is 0 Å². The Labute approximate surface area is 73.3 Å². The van der Waals surface area contributed by atoms with Crippen LogP contribution in [-0.2, 0) is 0 Å². The molecule has 12 heavy (non-hydrogen) atoms. The van der Waals surface area contributed by atoms with Gasteiger partial charge in [0.25, 0.3) is 0 Å². The largest absolute Gasteiger partial charge is 0.451 e. The van der Waals surface area contributed by atoms with E-state index in [9.17, 15) is 0 Å². The molecule has 1 spiro atoms. The van der Waals surface area contributed by atoms with Gasteiger partial charge in [0, 0.05) is 6.54 Å². The SMILES string of the molecule is OB(O)CCC1CC12CCNC2. The highest BCUT2D eigenvalue weighted by Gasteiger charge is 2.54. The summed E-state index contributed by atoms with van der Waals surface area (Å²) in [4.78, 5) is 0. The van der Waals surface area contributed by atoms with E-state index in [1.54, 1.807) is 0 Å². The Morgan fingerprint density at radius 1 is 1.50 bits per heavy atom.